The van der Waals surface area contributed by atoms with Crippen molar-refractivity contribution in [2.24, 2.45) is 7.05 Å². The summed E-state index contributed by atoms with van der Waals surface area (Å²) in [5, 5.41) is 2.15. The van der Waals surface area contributed by atoms with Crippen LogP contribution in [0.15, 0.2) is 36.5 Å². The number of carbonyl (C=O) groups is 1. The molecule has 0 atom stereocenters. The number of ether oxygens (including phenoxy) is 1. The van der Waals surface area contributed by atoms with Gasteiger partial charge >= 0.3 is 5.97 Å². The lowest BCUT2D eigenvalue weighted by Gasteiger charge is -2.06. The maximum Gasteiger partial charge on any atom is 0.403 e. The van der Waals surface area contributed by atoms with E-state index in [1.165, 1.54) is 0 Å². The summed E-state index contributed by atoms with van der Waals surface area (Å²) in [6.45, 7) is 3.70. The predicted octanol–water partition coefficient (Wildman–Crippen LogP) is 2.71. The van der Waals surface area contributed by atoms with Crippen molar-refractivity contribution >= 4 is 27.8 Å². The number of esters is 1. The fraction of sp³-hybridized carbons (Fsp3) is 0.250. The van der Waals surface area contributed by atoms with Gasteiger partial charge < -0.3 is 9.72 Å². The number of para-hydroxylation sites is 1. The average Bonchev–Trinajstić information content (AvgIpc) is 2.74. The lowest BCUT2D eigenvalue weighted by Crippen LogP contribution is -2.37. The van der Waals surface area contributed by atoms with Crippen LogP contribution in [0.25, 0.3) is 21.8 Å². The molecular weight excluding hydrogens is 252 g/mol. The van der Waals surface area contributed by atoms with Crippen molar-refractivity contribution in [3.8, 4) is 0 Å². The molecule has 20 heavy (non-hydrogen) atoms. The SMILES string of the molecule is CC(C)OC(=O)c1cc2c(c[n+]1C)[nH]c1ccccc12. The van der Waals surface area contributed by atoms with Crippen LogP contribution in [0.3, 0.4) is 0 Å². The quantitative estimate of drug-likeness (QED) is 0.574. The van der Waals surface area contributed by atoms with Crippen molar-refractivity contribution < 1.29 is 14.1 Å². The van der Waals surface area contributed by atoms with Crippen molar-refractivity contribution in [2.45, 2.75) is 20.0 Å². The zero-order valence-electron chi connectivity index (χ0n) is 11.8. The molecule has 0 aliphatic carbocycles. The molecule has 0 aliphatic heterocycles. The number of aryl methyl sites for hydroxylation is 1. The fourth-order valence-corrected chi connectivity index (χ4v) is 2.42. The number of aromatic nitrogens is 2. The van der Waals surface area contributed by atoms with Gasteiger partial charge in [0.15, 0.2) is 6.20 Å². The summed E-state index contributed by atoms with van der Waals surface area (Å²) in [5.41, 5.74) is 2.63. The van der Waals surface area contributed by atoms with Crippen molar-refractivity contribution in [3.63, 3.8) is 0 Å². The zero-order valence-corrected chi connectivity index (χ0v) is 11.8. The van der Waals surface area contributed by atoms with Gasteiger partial charge in [-0.2, -0.15) is 4.57 Å². The Morgan fingerprint density at radius 3 is 2.70 bits per heavy atom. The zero-order chi connectivity index (χ0) is 14.3. The average molecular weight is 269 g/mol. The summed E-state index contributed by atoms with van der Waals surface area (Å²) in [4.78, 5) is 15.5. The Morgan fingerprint density at radius 2 is 1.95 bits per heavy atom. The maximum absolute atomic E-state index is 12.1. The number of hydrogen-bond acceptors (Lipinski definition) is 2. The molecule has 0 radical (unpaired) electrons. The van der Waals surface area contributed by atoms with E-state index in [2.05, 4.69) is 4.98 Å². The van der Waals surface area contributed by atoms with Crippen LogP contribution in [0.4, 0.5) is 0 Å². The van der Waals surface area contributed by atoms with E-state index in [1.54, 1.807) is 4.57 Å². The molecule has 3 rings (SSSR count). The van der Waals surface area contributed by atoms with Gasteiger partial charge in [-0.15, -0.1) is 0 Å². The third kappa shape index (κ3) is 2.03. The van der Waals surface area contributed by atoms with E-state index in [0.717, 1.165) is 21.8 Å². The van der Waals surface area contributed by atoms with Crippen LogP contribution in [0.1, 0.15) is 24.3 Å². The third-order valence-corrected chi connectivity index (χ3v) is 3.31. The fourth-order valence-electron chi connectivity index (χ4n) is 2.42. The second-order valence-electron chi connectivity index (χ2n) is 5.22. The molecule has 0 aliphatic rings. The van der Waals surface area contributed by atoms with Gasteiger partial charge in [0, 0.05) is 22.4 Å². The van der Waals surface area contributed by atoms with Gasteiger partial charge in [0.25, 0.3) is 5.69 Å². The number of hydrogen-bond donors (Lipinski definition) is 1. The Morgan fingerprint density at radius 1 is 1.20 bits per heavy atom. The lowest BCUT2D eigenvalue weighted by atomic mass is 10.1. The molecule has 102 valence electrons. The Hall–Kier alpha value is -2.36. The third-order valence-electron chi connectivity index (χ3n) is 3.31. The van der Waals surface area contributed by atoms with Gasteiger partial charge in [0.2, 0.25) is 0 Å². The Balaban J connectivity index is 2.21. The Bertz CT molecular complexity index is 803. The monoisotopic (exact) mass is 269 g/mol. The number of nitrogens with zero attached hydrogens (tertiary/aromatic N) is 1. The summed E-state index contributed by atoms with van der Waals surface area (Å²) >= 11 is 0. The van der Waals surface area contributed by atoms with E-state index in [4.69, 9.17) is 4.74 Å². The predicted molar refractivity (Wildman–Crippen MR) is 77.5 cm³/mol. The van der Waals surface area contributed by atoms with Crippen molar-refractivity contribution in [2.75, 3.05) is 0 Å². The molecular formula is C16H17N2O2+. The highest BCUT2D eigenvalue weighted by atomic mass is 16.5. The second kappa shape index (κ2) is 4.63. The lowest BCUT2D eigenvalue weighted by molar-refractivity contribution is -0.672. The summed E-state index contributed by atoms with van der Waals surface area (Å²) in [6.07, 6.45) is 1.80. The largest absolute Gasteiger partial charge is 0.455 e. The first-order chi connectivity index (χ1) is 9.56. The van der Waals surface area contributed by atoms with E-state index < -0.39 is 0 Å². The van der Waals surface area contributed by atoms with Gasteiger partial charge in [-0.05, 0) is 19.9 Å². The van der Waals surface area contributed by atoms with Gasteiger partial charge in [0.1, 0.15) is 12.6 Å². The van der Waals surface area contributed by atoms with Crippen molar-refractivity contribution in [1.29, 1.82) is 0 Å². The topological polar surface area (TPSA) is 46.0 Å². The molecule has 1 aromatic carbocycles. The van der Waals surface area contributed by atoms with Gasteiger partial charge in [0.05, 0.1) is 6.10 Å². The van der Waals surface area contributed by atoms with Crippen LogP contribution in [0.2, 0.25) is 0 Å². The molecule has 0 fully saturated rings. The smallest absolute Gasteiger partial charge is 0.403 e. The molecule has 1 N–H and O–H groups in total. The molecule has 0 saturated heterocycles. The van der Waals surface area contributed by atoms with E-state index in [9.17, 15) is 4.79 Å². The number of aromatic amines is 1. The van der Waals surface area contributed by atoms with Crippen LogP contribution in [-0.4, -0.2) is 17.1 Å². The summed E-state index contributed by atoms with van der Waals surface area (Å²) in [6, 6.07) is 9.95. The van der Waals surface area contributed by atoms with Crippen LogP contribution in [0.5, 0.6) is 0 Å². The van der Waals surface area contributed by atoms with Gasteiger partial charge in [-0.1, -0.05) is 18.2 Å². The first-order valence-corrected chi connectivity index (χ1v) is 6.67. The highest BCUT2D eigenvalue weighted by Gasteiger charge is 2.22. The molecule has 2 heterocycles. The maximum atomic E-state index is 12.1. The van der Waals surface area contributed by atoms with Crippen LogP contribution < -0.4 is 4.57 Å². The Labute approximate surface area is 117 Å². The van der Waals surface area contributed by atoms with E-state index in [0.29, 0.717) is 5.69 Å². The number of carbonyl (C=O) groups excluding carboxylic acids is 1. The molecule has 0 amide bonds. The highest BCUT2D eigenvalue weighted by Crippen LogP contribution is 2.24. The van der Waals surface area contributed by atoms with Gasteiger partial charge in [-0.3, -0.25) is 0 Å². The highest BCUT2D eigenvalue weighted by molar-refractivity contribution is 6.08. The normalized spacial score (nSPS) is 11.4. The van der Waals surface area contributed by atoms with Crippen molar-refractivity contribution in [1.82, 2.24) is 4.98 Å². The van der Waals surface area contributed by atoms with E-state index >= 15 is 0 Å². The minimum atomic E-state index is -0.297. The number of rotatable bonds is 2. The minimum absolute atomic E-state index is 0.124. The molecule has 0 saturated carbocycles. The standard InChI is InChI=1S/C16H16N2O2/c1-10(2)20-16(19)15-8-12-11-6-4-5-7-13(11)17-14(12)9-18(15)3/h4-10H,1-3H3/p+1. The molecule has 0 bridgehead atoms. The molecule has 4 nitrogen and oxygen atoms in total. The minimum Gasteiger partial charge on any atom is -0.455 e. The van der Waals surface area contributed by atoms with Crippen LogP contribution >= 0.6 is 0 Å². The summed E-state index contributed by atoms with van der Waals surface area (Å²) in [5.74, 6) is -0.297. The van der Waals surface area contributed by atoms with Crippen LogP contribution in [-0.2, 0) is 11.8 Å². The number of fused-ring (bicyclic) bond motifs is 3. The summed E-state index contributed by atoms with van der Waals surface area (Å²) < 4.78 is 7.08. The molecule has 2 aromatic heterocycles. The molecule has 0 spiro atoms. The van der Waals surface area contributed by atoms with Gasteiger partial charge in [-0.25, -0.2) is 4.79 Å². The first-order valence-electron chi connectivity index (χ1n) is 6.67. The first kappa shape index (κ1) is 12.7. The van der Waals surface area contributed by atoms with E-state index in [-0.39, 0.29) is 12.1 Å². The number of H-pyrrole nitrogens is 1. The molecule has 4 heteroatoms. The van der Waals surface area contributed by atoms with Crippen LogP contribution in [0, 0.1) is 0 Å². The Kier molecular flexibility index (Phi) is 2.93. The number of benzene rings is 1. The molecule has 3 aromatic rings. The summed E-state index contributed by atoms with van der Waals surface area (Å²) in [7, 11) is 1.85. The van der Waals surface area contributed by atoms with E-state index in [1.807, 2.05) is 57.4 Å². The second-order valence-corrected chi connectivity index (χ2v) is 5.22. The molecule has 0 unspecified atom stereocenters. The number of nitrogens with one attached hydrogen (secondary N) is 1. The number of pyridine rings is 1. The van der Waals surface area contributed by atoms with Crippen molar-refractivity contribution in [3.05, 3.63) is 42.2 Å².